The van der Waals surface area contributed by atoms with Gasteiger partial charge in [-0.3, -0.25) is 9.69 Å². The molecule has 1 heterocycles. The van der Waals surface area contributed by atoms with Crippen molar-refractivity contribution in [2.24, 2.45) is 0 Å². The van der Waals surface area contributed by atoms with Gasteiger partial charge in [-0.25, -0.2) is 0 Å². The molecule has 1 aliphatic rings. The lowest BCUT2D eigenvalue weighted by Crippen LogP contribution is -2.43. The van der Waals surface area contributed by atoms with E-state index in [0.29, 0.717) is 16.5 Å². The zero-order chi connectivity index (χ0) is 15.9. The molecule has 2 rings (SSSR count). The lowest BCUT2D eigenvalue weighted by molar-refractivity contribution is -0.120. The molecule has 1 aromatic rings. The smallest absolute Gasteiger partial charge is 0.241 e. The van der Waals surface area contributed by atoms with E-state index in [1.165, 1.54) is 32.1 Å². The molecular weight excluding hydrogens is 300 g/mol. The monoisotopic (exact) mass is 324 g/mol. The Balaban J connectivity index is 1.96. The zero-order valence-electron chi connectivity index (χ0n) is 13.4. The number of carbonyl (C=O) groups is 1. The van der Waals surface area contributed by atoms with Gasteiger partial charge in [-0.15, -0.1) is 0 Å². The first kappa shape index (κ1) is 17.1. The van der Waals surface area contributed by atoms with Crippen molar-refractivity contribution in [1.29, 1.82) is 0 Å². The number of anilines is 1. The first-order valence-corrected chi connectivity index (χ1v) is 8.38. The van der Waals surface area contributed by atoms with E-state index >= 15 is 0 Å². The van der Waals surface area contributed by atoms with Gasteiger partial charge in [0.05, 0.1) is 18.2 Å². The van der Waals surface area contributed by atoms with Crippen molar-refractivity contribution in [1.82, 2.24) is 4.90 Å². The number of likely N-dealkylation sites (tertiary alicyclic amines) is 1. The Morgan fingerprint density at radius 2 is 1.86 bits per heavy atom. The Bertz CT molecular complexity index is 499. The molecule has 0 aliphatic carbocycles. The molecule has 22 heavy (non-hydrogen) atoms. The van der Waals surface area contributed by atoms with Crippen LogP contribution in [0, 0.1) is 0 Å². The van der Waals surface area contributed by atoms with Gasteiger partial charge < -0.3 is 10.1 Å². The minimum Gasteiger partial charge on any atom is -0.495 e. The molecular formula is C17H25ClN2O2. The molecule has 1 amide bonds. The van der Waals surface area contributed by atoms with E-state index in [0.717, 1.165) is 13.1 Å². The maximum atomic E-state index is 12.4. The van der Waals surface area contributed by atoms with Crippen LogP contribution in [-0.4, -0.2) is 37.0 Å². The van der Waals surface area contributed by atoms with Crippen LogP contribution in [-0.2, 0) is 4.79 Å². The Kier molecular flexibility index (Phi) is 6.52. The van der Waals surface area contributed by atoms with Gasteiger partial charge >= 0.3 is 0 Å². The summed E-state index contributed by atoms with van der Waals surface area (Å²) in [5.41, 5.74) is 0.703. The summed E-state index contributed by atoms with van der Waals surface area (Å²) in [4.78, 5) is 14.7. The van der Waals surface area contributed by atoms with Gasteiger partial charge in [0.1, 0.15) is 5.75 Å². The normalized spacial score (nSPS) is 18.1. The SMILES string of the molecule is COc1ccc(NC(=O)[C@@H](C)N2CCCCCCC2)cc1Cl. The standard InChI is InChI=1S/C17H25ClN2O2/c1-13(20-10-6-4-3-5-7-11-20)17(21)19-14-8-9-16(22-2)15(18)12-14/h8-9,12-13H,3-7,10-11H2,1-2H3,(H,19,21)/t13-/m1/s1. The maximum Gasteiger partial charge on any atom is 0.241 e. The predicted molar refractivity (Wildman–Crippen MR) is 90.8 cm³/mol. The summed E-state index contributed by atoms with van der Waals surface area (Å²) in [5, 5.41) is 3.45. The highest BCUT2D eigenvalue weighted by Crippen LogP contribution is 2.27. The number of methoxy groups -OCH3 is 1. The Labute approximate surface area is 137 Å². The molecule has 4 nitrogen and oxygen atoms in total. The molecule has 0 aromatic heterocycles. The number of amides is 1. The lowest BCUT2D eigenvalue weighted by Gasteiger charge is -2.29. The second-order valence-corrected chi connectivity index (χ2v) is 6.23. The van der Waals surface area contributed by atoms with E-state index in [9.17, 15) is 4.79 Å². The number of hydrogen-bond donors (Lipinski definition) is 1. The number of halogens is 1. The summed E-state index contributed by atoms with van der Waals surface area (Å²) >= 11 is 6.09. The van der Waals surface area contributed by atoms with Gasteiger partial charge in [-0.05, 0) is 51.1 Å². The average molecular weight is 325 g/mol. The number of hydrogen-bond acceptors (Lipinski definition) is 3. The average Bonchev–Trinajstić information content (AvgIpc) is 2.46. The van der Waals surface area contributed by atoms with Crippen LogP contribution in [0.2, 0.25) is 5.02 Å². The summed E-state index contributed by atoms with van der Waals surface area (Å²) in [6.07, 6.45) is 6.19. The first-order valence-electron chi connectivity index (χ1n) is 8.00. The van der Waals surface area contributed by atoms with E-state index in [1.807, 2.05) is 13.0 Å². The molecule has 1 saturated heterocycles. The van der Waals surface area contributed by atoms with Crippen molar-refractivity contribution in [2.45, 2.75) is 45.1 Å². The molecule has 5 heteroatoms. The molecule has 1 fully saturated rings. The van der Waals surface area contributed by atoms with Crippen LogP contribution in [0.4, 0.5) is 5.69 Å². The number of rotatable bonds is 4. The van der Waals surface area contributed by atoms with Crippen LogP contribution in [0.25, 0.3) is 0 Å². The van der Waals surface area contributed by atoms with Crippen LogP contribution in [0.1, 0.15) is 39.0 Å². The minimum absolute atomic E-state index is 0.0156. The first-order chi connectivity index (χ1) is 10.6. The Morgan fingerprint density at radius 1 is 1.23 bits per heavy atom. The van der Waals surface area contributed by atoms with Gasteiger partial charge in [0.15, 0.2) is 0 Å². The van der Waals surface area contributed by atoms with E-state index in [4.69, 9.17) is 16.3 Å². The molecule has 1 atom stereocenters. The number of ether oxygens (including phenoxy) is 1. The lowest BCUT2D eigenvalue weighted by atomic mass is 10.1. The van der Waals surface area contributed by atoms with Gasteiger partial charge in [-0.2, -0.15) is 0 Å². The van der Waals surface area contributed by atoms with E-state index in [2.05, 4.69) is 10.2 Å². The largest absolute Gasteiger partial charge is 0.495 e. The van der Waals surface area contributed by atoms with E-state index in [1.54, 1.807) is 19.2 Å². The Hall–Kier alpha value is -1.26. The summed E-state index contributed by atoms with van der Waals surface area (Å²) < 4.78 is 5.12. The second kappa shape index (κ2) is 8.39. The fourth-order valence-corrected chi connectivity index (χ4v) is 3.07. The van der Waals surface area contributed by atoms with Crippen LogP contribution in [0.3, 0.4) is 0 Å². The van der Waals surface area contributed by atoms with Gasteiger partial charge in [0.25, 0.3) is 0 Å². The van der Waals surface area contributed by atoms with Gasteiger partial charge in [0, 0.05) is 5.69 Å². The number of carbonyl (C=O) groups excluding carboxylic acids is 1. The van der Waals surface area contributed by atoms with Crippen LogP contribution in [0.5, 0.6) is 5.75 Å². The highest BCUT2D eigenvalue weighted by atomic mass is 35.5. The zero-order valence-corrected chi connectivity index (χ0v) is 14.2. The molecule has 0 saturated carbocycles. The molecule has 0 bridgehead atoms. The fraction of sp³-hybridized carbons (Fsp3) is 0.588. The van der Waals surface area contributed by atoms with Crippen LogP contribution >= 0.6 is 11.6 Å². The predicted octanol–water partition coefficient (Wildman–Crippen LogP) is 3.94. The summed E-state index contributed by atoms with van der Waals surface area (Å²) in [7, 11) is 1.57. The van der Waals surface area contributed by atoms with Gasteiger partial charge in [-0.1, -0.05) is 30.9 Å². The quantitative estimate of drug-likeness (QED) is 0.912. The van der Waals surface area contributed by atoms with Crippen LogP contribution < -0.4 is 10.1 Å². The number of nitrogens with one attached hydrogen (secondary N) is 1. The van der Waals surface area contributed by atoms with Crippen molar-refractivity contribution in [2.75, 3.05) is 25.5 Å². The van der Waals surface area contributed by atoms with Crippen molar-refractivity contribution < 1.29 is 9.53 Å². The molecule has 0 radical (unpaired) electrons. The minimum atomic E-state index is -0.126. The van der Waals surface area contributed by atoms with Crippen molar-refractivity contribution in [3.8, 4) is 5.75 Å². The molecule has 122 valence electrons. The second-order valence-electron chi connectivity index (χ2n) is 5.82. The molecule has 0 spiro atoms. The van der Waals surface area contributed by atoms with Crippen molar-refractivity contribution >= 4 is 23.2 Å². The number of nitrogens with zero attached hydrogens (tertiary/aromatic N) is 1. The highest BCUT2D eigenvalue weighted by Gasteiger charge is 2.21. The van der Waals surface area contributed by atoms with E-state index < -0.39 is 0 Å². The van der Waals surface area contributed by atoms with Crippen molar-refractivity contribution in [3.63, 3.8) is 0 Å². The molecule has 0 unspecified atom stereocenters. The van der Waals surface area contributed by atoms with E-state index in [-0.39, 0.29) is 11.9 Å². The molecule has 1 aliphatic heterocycles. The maximum absolute atomic E-state index is 12.4. The molecule has 1 aromatic carbocycles. The third-order valence-electron chi connectivity index (χ3n) is 4.24. The summed E-state index contributed by atoms with van der Waals surface area (Å²) in [5.74, 6) is 0.623. The summed E-state index contributed by atoms with van der Waals surface area (Å²) in [6, 6.07) is 5.17. The summed E-state index contributed by atoms with van der Waals surface area (Å²) in [6.45, 7) is 3.97. The topological polar surface area (TPSA) is 41.6 Å². The number of benzene rings is 1. The highest BCUT2D eigenvalue weighted by molar-refractivity contribution is 6.32. The van der Waals surface area contributed by atoms with Gasteiger partial charge in [0.2, 0.25) is 5.91 Å². The third kappa shape index (κ3) is 4.62. The molecule has 1 N–H and O–H groups in total. The van der Waals surface area contributed by atoms with Crippen molar-refractivity contribution in [3.05, 3.63) is 23.2 Å². The Morgan fingerprint density at radius 3 is 2.45 bits per heavy atom. The van der Waals surface area contributed by atoms with Crippen LogP contribution in [0.15, 0.2) is 18.2 Å². The third-order valence-corrected chi connectivity index (χ3v) is 4.53. The fourth-order valence-electron chi connectivity index (χ4n) is 2.82.